The van der Waals surface area contributed by atoms with Gasteiger partial charge >= 0.3 is 5.82 Å². The van der Waals surface area contributed by atoms with E-state index < -0.39 is 4.92 Å². The van der Waals surface area contributed by atoms with Crippen LogP contribution in [-0.2, 0) is 0 Å². The van der Waals surface area contributed by atoms with Crippen molar-refractivity contribution in [3.63, 3.8) is 0 Å². The molecule has 5 nitrogen and oxygen atoms in total. The molecule has 98 valence electrons. The summed E-state index contributed by atoms with van der Waals surface area (Å²) in [6, 6.07) is 3.78. The Morgan fingerprint density at radius 1 is 1.39 bits per heavy atom. The Morgan fingerprint density at radius 2 is 2.17 bits per heavy atom. The first-order valence-electron chi connectivity index (χ1n) is 6.44. The van der Waals surface area contributed by atoms with Gasteiger partial charge in [0.1, 0.15) is 11.9 Å². The molecule has 3 unspecified atom stereocenters. The van der Waals surface area contributed by atoms with Crippen LogP contribution < -0.4 is 5.32 Å². The highest BCUT2D eigenvalue weighted by atomic mass is 16.6. The molecule has 1 aromatic heterocycles. The lowest BCUT2D eigenvalue weighted by atomic mass is 9.79. The first-order valence-corrected chi connectivity index (χ1v) is 6.44. The monoisotopic (exact) mass is 249 g/mol. The van der Waals surface area contributed by atoms with Crippen LogP contribution >= 0.6 is 0 Å². The number of aromatic nitrogens is 1. The third-order valence-corrected chi connectivity index (χ3v) is 3.92. The van der Waals surface area contributed by atoms with Gasteiger partial charge in [-0.3, -0.25) is 0 Å². The summed E-state index contributed by atoms with van der Waals surface area (Å²) < 4.78 is 0. The topological polar surface area (TPSA) is 68.1 Å². The van der Waals surface area contributed by atoms with Crippen LogP contribution in [0.4, 0.5) is 11.5 Å². The quantitative estimate of drug-likeness (QED) is 0.659. The van der Waals surface area contributed by atoms with Gasteiger partial charge in [0.15, 0.2) is 0 Å². The number of pyridine rings is 1. The molecule has 0 aliphatic heterocycles. The summed E-state index contributed by atoms with van der Waals surface area (Å²) in [5.41, 5.74) is 0.536. The van der Waals surface area contributed by atoms with Crippen LogP contribution in [0.5, 0.6) is 0 Å². The third kappa shape index (κ3) is 2.78. The fourth-order valence-electron chi connectivity index (χ4n) is 2.55. The van der Waals surface area contributed by atoms with Crippen molar-refractivity contribution in [1.82, 2.24) is 4.98 Å². The average molecular weight is 249 g/mol. The molecule has 1 aliphatic carbocycles. The maximum atomic E-state index is 10.9. The number of rotatable bonds is 3. The highest BCUT2D eigenvalue weighted by Gasteiger charge is 2.26. The van der Waals surface area contributed by atoms with Gasteiger partial charge in [0.05, 0.1) is 0 Å². The predicted octanol–water partition coefficient (Wildman–Crippen LogP) is 3.23. The smallest absolute Gasteiger partial charge is 0.375 e. The number of hydrogen-bond donors (Lipinski definition) is 1. The molecular weight excluding hydrogens is 230 g/mol. The highest BCUT2D eigenvalue weighted by molar-refractivity contribution is 5.57. The van der Waals surface area contributed by atoms with Crippen molar-refractivity contribution < 1.29 is 4.92 Å². The van der Waals surface area contributed by atoms with Crippen molar-refractivity contribution in [2.24, 2.45) is 11.8 Å². The number of nitrogens with zero attached hydrogens (tertiary/aromatic N) is 2. The molecule has 5 heteroatoms. The Bertz CT molecular complexity index is 436. The van der Waals surface area contributed by atoms with E-state index in [-0.39, 0.29) is 5.82 Å². The van der Waals surface area contributed by atoms with Gasteiger partial charge in [-0.25, -0.2) is 0 Å². The van der Waals surface area contributed by atoms with E-state index in [1.165, 1.54) is 12.6 Å². The number of nitrogens with one attached hydrogen (secondary N) is 1. The second kappa shape index (κ2) is 5.33. The maximum absolute atomic E-state index is 10.9. The summed E-state index contributed by atoms with van der Waals surface area (Å²) >= 11 is 0. The normalized spacial score (nSPS) is 27.8. The van der Waals surface area contributed by atoms with Crippen molar-refractivity contribution in [2.45, 2.75) is 39.2 Å². The Balaban J connectivity index is 2.08. The lowest BCUT2D eigenvalue weighted by Gasteiger charge is -2.32. The molecule has 1 fully saturated rings. The van der Waals surface area contributed by atoms with Crippen molar-refractivity contribution in [3.05, 3.63) is 28.4 Å². The van der Waals surface area contributed by atoms with E-state index in [4.69, 9.17) is 0 Å². The predicted molar refractivity (Wildman–Crippen MR) is 70.5 cm³/mol. The van der Waals surface area contributed by atoms with E-state index in [9.17, 15) is 10.1 Å². The molecule has 1 heterocycles. The van der Waals surface area contributed by atoms with Crippen LogP contribution in [0.1, 0.15) is 33.1 Å². The van der Waals surface area contributed by atoms with Crippen LogP contribution in [0.2, 0.25) is 0 Å². The van der Waals surface area contributed by atoms with E-state index in [1.54, 1.807) is 12.1 Å². The molecule has 0 radical (unpaired) electrons. The molecule has 1 aromatic rings. The summed E-state index contributed by atoms with van der Waals surface area (Å²) in [6.07, 6.45) is 4.76. The molecule has 1 saturated carbocycles. The van der Waals surface area contributed by atoms with Gasteiger partial charge in [0, 0.05) is 6.04 Å². The standard InChI is InChI=1S/C13H19N3O2/c1-9-5-6-11(8-10(9)2)15-12-4-3-7-14-13(12)16(17)18/h3-4,7,9-11,15H,5-6,8H2,1-2H3. The highest BCUT2D eigenvalue weighted by Crippen LogP contribution is 2.32. The average Bonchev–Trinajstić information content (AvgIpc) is 2.34. The molecule has 0 spiro atoms. The minimum Gasteiger partial charge on any atom is -0.375 e. The van der Waals surface area contributed by atoms with Gasteiger partial charge in [-0.15, -0.1) is 0 Å². The van der Waals surface area contributed by atoms with Gasteiger partial charge in [0.2, 0.25) is 0 Å². The van der Waals surface area contributed by atoms with Crippen molar-refractivity contribution in [1.29, 1.82) is 0 Å². The second-order valence-electron chi connectivity index (χ2n) is 5.24. The molecule has 0 amide bonds. The number of anilines is 1. The molecule has 1 aliphatic rings. The fraction of sp³-hybridized carbons (Fsp3) is 0.615. The van der Waals surface area contributed by atoms with Crippen molar-refractivity contribution in [3.8, 4) is 0 Å². The molecule has 3 atom stereocenters. The van der Waals surface area contributed by atoms with Gasteiger partial charge < -0.3 is 15.4 Å². The van der Waals surface area contributed by atoms with Gasteiger partial charge in [-0.05, 0) is 53.1 Å². The second-order valence-corrected chi connectivity index (χ2v) is 5.24. The Kier molecular flexibility index (Phi) is 3.79. The Morgan fingerprint density at radius 3 is 2.83 bits per heavy atom. The van der Waals surface area contributed by atoms with E-state index in [0.29, 0.717) is 17.6 Å². The lowest BCUT2D eigenvalue weighted by molar-refractivity contribution is -0.388. The van der Waals surface area contributed by atoms with Crippen LogP contribution in [0.25, 0.3) is 0 Å². The van der Waals surface area contributed by atoms with E-state index in [2.05, 4.69) is 24.1 Å². The summed E-state index contributed by atoms with van der Waals surface area (Å²) in [4.78, 5) is 14.3. The van der Waals surface area contributed by atoms with Gasteiger partial charge in [0.25, 0.3) is 0 Å². The summed E-state index contributed by atoms with van der Waals surface area (Å²) in [6.45, 7) is 4.52. The lowest BCUT2D eigenvalue weighted by Crippen LogP contribution is -2.30. The minimum atomic E-state index is -0.433. The first-order chi connectivity index (χ1) is 8.58. The molecule has 0 aromatic carbocycles. The molecule has 0 saturated heterocycles. The fourth-order valence-corrected chi connectivity index (χ4v) is 2.55. The summed E-state index contributed by atoms with van der Waals surface area (Å²) in [7, 11) is 0. The van der Waals surface area contributed by atoms with E-state index in [0.717, 1.165) is 18.8 Å². The van der Waals surface area contributed by atoms with Gasteiger partial charge in [-0.2, -0.15) is 0 Å². The van der Waals surface area contributed by atoms with Crippen LogP contribution in [-0.4, -0.2) is 15.9 Å². The molecular formula is C13H19N3O2. The van der Waals surface area contributed by atoms with Crippen LogP contribution in [0, 0.1) is 22.0 Å². The van der Waals surface area contributed by atoms with Crippen LogP contribution in [0.15, 0.2) is 18.3 Å². The van der Waals surface area contributed by atoms with E-state index >= 15 is 0 Å². The Labute approximate surface area is 107 Å². The number of nitro groups is 1. The van der Waals surface area contributed by atoms with Crippen molar-refractivity contribution >= 4 is 11.5 Å². The SMILES string of the molecule is CC1CCC(Nc2cccnc2[N+](=O)[O-])CC1C. The maximum Gasteiger partial charge on any atom is 0.386 e. The van der Waals surface area contributed by atoms with Gasteiger partial charge in [-0.1, -0.05) is 13.8 Å². The molecule has 2 rings (SSSR count). The largest absolute Gasteiger partial charge is 0.386 e. The molecule has 1 N–H and O–H groups in total. The first kappa shape index (κ1) is 12.8. The number of hydrogen-bond acceptors (Lipinski definition) is 4. The van der Waals surface area contributed by atoms with Crippen LogP contribution in [0.3, 0.4) is 0 Å². The third-order valence-electron chi connectivity index (χ3n) is 3.92. The molecule has 0 bridgehead atoms. The van der Waals surface area contributed by atoms with Crippen molar-refractivity contribution in [2.75, 3.05) is 5.32 Å². The van der Waals surface area contributed by atoms with E-state index in [1.807, 2.05) is 0 Å². The molecule has 18 heavy (non-hydrogen) atoms. The summed E-state index contributed by atoms with van der Waals surface area (Å²) in [5.74, 6) is 1.32. The summed E-state index contributed by atoms with van der Waals surface area (Å²) in [5, 5.41) is 14.2. The Hall–Kier alpha value is -1.65. The zero-order valence-electron chi connectivity index (χ0n) is 10.8. The minimum absolute atomic E-state index is 0.0798. The zero-order chi connectivity index (χ0) is 13.1. The zero-order valence-corrected chi connectivity index (χ0v) is 10.8.